The predicted molar refractivity (Wildman–Crippen MR) is 85.8 cm³/mol. The van der Waals surface area contributed by atoms with Crippen molar-refractivity contribution in [3.05, 3.63) is 56.5 Å². The van der Waals surface area contributed by atoms with E-state index in [0.29, 0.717) is 25.1 Å². The zero-order valence-electron chi connectivity index (χ0n) is 13.1. The Morgan fingerprint density at radius 2 is 2.00 bits per heavy atom. The highest BCUT2D eigenvalue weighted by atomic mass is 35.5. The number of alkyl halides is 3. The van der Waals surface area contributed by atoms with Crippen molar-refractivity contribution in [2.75, 3.05) is 7.11 Å². The second kappa shape index (κ2) is 6.22. The average molecular weight is 372 g/mol. The Labute approximate surface area is 145 Å². The SMILES string of the molecule is COC(=O)c1cc(-c2ccc(Cl)c(C(F)(F)F)c2)c(=O)n2c1CCC2. The fraction of sp³-hybridized carbons (Fsp3) is 0.294. The van der Waals surface area contributed by atoms with Crippen LogP contribution in [0.5, 0.6) is 0 Å². The van der Waals surface area contributed by atoms with Gasteiger partial charge in [0.15, 0.2) is 0 Å². The van der Waals surface area contributed by atoms with Crippen LogP contribution in [0.2, 0.25) is 5.02 Å². The van der Waals surface area contributed by atoms with Crippen LogP contribution >= 0.6 is 11.6 Å². The van der Waals surface area contributed by atoms with Gasteiger partial charge in [-0.05, 0) is 36.6 Å². The van der Waals surface area contributed by atoms with E-state index in [-0.39, 0.29) is 16.7 Å². The molecule has 0 radical (unpaired) electrons. The number of esters is 1. The average Bonchev–Trinajstić information content (AvgIpc) is 3.04. The lowest BCUT2D eigenvalue weighted by molar-refractivity contribution is -0.137. The summed E-state index contributed by atoms with van der Waals surface area (Å²) in [4.78, 5) is 24.7. The first-order valence-corrected chi connectivity index (χ1v) is 7.84. The molecular formula is C17H13ClF3NO3. The summed E-state index contributed by atoms with van der Waals surface area (Å²) in [6, 6.07) is 4.54. The molecule has 2 heterocycles. The van der Waals surface area contributed by atoms with Gasteiger partial charge in [0.05, 0.1) is 23.3 Å². The number of halogens is 4. The Hall–Kier alpha value is -2.28. The zero-order valence-corrected chi connectivity index (χ0v) is 13.9. The molecule has 0 amide bonds. The minimum atomic E-state index is -4.65. The third kappa shape index (κ3) is 3.04. The van der Waals surface area contributed by atoms with E-state index in [0.717, 1.165) is 12.1 Å². The fourth-order valence-corrected chi connectivity index (χ4v) is 3.24. The predicted octanol–water partition coefficient (Wildman–Crippen LogP) is 3.92. The maximum atomic E-state index is 13.1. The van der Waals surface area contributed by atoms with Crippen molar-refractivity contribution in [2.45, 2.75) is 25.6 Å². The van der Waals surface area contributed by atoms with Crippen molar-refractivity contribution in [1.29, 1.82) is 0 Å². The molecule has 1 aromatic carbocycles. The van der Waals surface area contributed by atoms with E-state index in [1.54, 1.807) is 0 Å². The maximum Gasteiger partial charge on any atom is 0.417 e. The molecule has 0 atom stereocenters. The molecule has 0 saturated carbocycles. The molecule has 0 N–H and O–H groups in total. The van der Waals surface area contributed by atoms with Crippen molar-refractivity contribution in [1.82, 2.24) is 4.57 Å². The molecule has 8 heteroatoms. The van der Waals surface area contributed by atoms with E-state index < -0.39 is 28.3 Å². The largest absolute Gasteiger partial charge is 0.465 e. The molecule has 0 unspecified atom stereocenters. The summed E-state index contributed by atoms with van der Waals surface area (Å²) in [6.45, 7) is 0.408. The van der Waals surface area contributed by atoms with Crippen molar-refractivity contribution in [3.8, 4) is 11.1 Å². The summed E-state index contributed by atoms with van der Waals surface area (Å²) < 4.78 is 45.4. The van der Waals surface area contributed by atoms with Gasteiger partial charge in [-0.15, -0.1) is 0 Å². The Morgan fingerprint density at radius 3 is 2.64 bits per heavy atom. The number of methoxy groups -OCH3 is 1. The van der Waals surface area contributed by atoms with Gasteiger partial charge in [0.2, 0.25) is 0 Å². The van der Waals surface area contributed by atoms with Gasteiger partial charge < -0.3 is 9.30 Å². The van der Waals surface area contributed by atoms with E-state index in [4.69, 9.17) is 16.3 Å². The Morgan fingerprint density at radius 1 is 1.28 bits per heavy atom. The van der Waals surface area contributed by atoms with Gasteiger partial charge in [-0.25, -0.2) is 4.79 Å². The van der Waals surface area contributed by atoms with Gasteiger partial charge in [-0.2, -0.15) is 13.2 Å². The van der Waals surface area contributed by atoms with Crippen LogP contribution < -0.4 is 5.56 Å². The monoisotopic (exact) mass is 371 g/mol. The number of ether oxygens (including phenoxy) is 1. The maximum absolute atomic E-state index is 13.1. The molecule has 0 aliphatic carbocycles. The van der Waals surface area contributed by atoms with Crippen LogP contribution in [0, 0.1) is 0 Å². The molecule has 0 fully saturated rings. The van der Waals surface area contributed by atoms with Gasteiger partial charge in [0.1, 0.15) is 0 Å². The smallest absolute Gasteiger partial charge is 0.417 e. The molecular weight excluding hydrogens is 359 g/mol. The minimum Gasteiger partial charge on any atom is -0.465 e. The van der Waals surface area contributed by atoms with Crippen molar-refractivity contribution < 1.29 is 22.7 Å². The zero-order chi connectivity index (χ0) is 18.4. The number of hydrogen-bond acceptors (Lipinski definition) is 3. The number of fused-ring (bicyclic) bond motifs is 1. The summed E-state index contributed by atoms with van der Waals surface area (Å²) in [7, 11) is 1.21. The molecule has 2 aromatic rings. The standard InChI is InChI=1S/C17H13ClF3NO3/c1-25-16(24)11-8-10(15(23)22-6-2-3-14(11)22)9-4-5-13(18)12(7-9)17(19,20)21/h4-5,7-8H,2-3,6H2,1H3. The lowest BCUT2D eigenvalue weighted by Crippen LogP contribution is -2.24. The lowest BCUT2D eigenvalue weighted by Gasteiger charge is -2.14. The lowest BCUT2D eigenvalue weighted by atomic mass is 10.0. The van der Waals surface area contributed by atoms with Gasteiger partial charge in [0.25, 0.3) is 5.56 Å². The summed E-state index contributed by atoms with van der Waals surface area (Å²) >= 11 is 5.63. The molecule has 25 heavy (non-hydrogen) atoms. The number of carbonyl (C=O) groups is 1. The van der Waals surface area contributed by atoms with Crippen LogP contribution in [0.15, 0.2) is 29.1 Å². The molecule has 0 bridgehead atoms. The first kappa shape index (κ1) is 17.5. The second-order valence-corrected chi connectivity index (χ2v) is 6.07. The highest BCUT2D eigenvalue weighted by molar-refractivity contribution is 6.31. The Balaban J connectivity index is 2.25. The van der Waals surface area contributed by atoms with Crippen LogP contribution in [0.3, 0.4) is 0 Å². The van der Waals surface area contributed by atoms with E-state index in [9.17, 15) is 22.8 Å². The summed E-state index contributed by atoms with van der Waals surface area (Å²) in [5.74, 6) is -0.628. The third-order valence-electron chi connectivity index (χ3n) is 4.18. The summed E-state index contributed by atoms with van der Waals surface area (Å²) in [6.07, 6.45) is -3.43. The van der Waals surface area contributed by atoms with Crippen LogP contribution in [0.1, 0.15) is 28.0 Å². The second-order valence-electron chi connectivity index (χ2n) is 5.66. The fourth-order valence-electron chi connectivity index (χ4n) is 3.02. The molecule has 0 spiro atoms. The first-order valence-electron chi connectivity index (χ1n) is 7.46. The number of rotatable bonds is 2. The van der Waals surface area contributed by atoms with Crippen molar-refractivity contribution >= 4 is 17.6 Å². The number of aromatic nitrogens is 1. The van der Waals surface area contributed by atoms with Gasteiger partial charge in [-0.3, -0.25) is 4.79 Å². The van der Waals surface area contributed by atoms with E-state index >= 15 is 0 Å². The minimum absolute atomic E-state index is 0.00761. The Bertz CT molecular complexity index is 919. The number of hydrogen-bond donors (Lipinski definition) is 0. The molecule has 1 aliphatic rings. The molecule has 0 saturated heterocycles. The highest BCUT2D eigenvalue weighted by Gasteiger charge is 2.34. The van der Waals surface area contributed by atoms with E-state index in [2.05, 4.69) is 0 Å². The van der Waals surface area contributed by atoms with Gasteiger partial charge in [-0.1, -0.05) is 17.7 Å². The van der Waals surface area contributed by atoms with Crippen LogP contribution in [-0.2, 0) is 23.9 Å². The van der Waals surface area contributed by atoms with Crippen molar-refractivity contribution in [3.63, 3.8) is 0 Å². The number of benzene rings is 1. The normalized spacial score (nSPS) is 13.6. The van der Waals surface area contributed by atoms with Gasteiger partial charge in [0, 0.05) is 17.8 Å². The summed E-state index contributed by atoms with van der Waals surface area (Å²) in [5, 5.41) is -0.453. The summed E-state index contributed by atoms with van der Waals surface area (Å²) in [5.41, 5.74) is -0.669. The van der Waals surface area contributed by atoms with Crippen molar-refractivity contribution in [2.24, 2.45) is 0 Å². The van der Waals surface area contributed by atoms with Gasteiger partial charge >= 0.3 is 12.1 Å². The molecule has 4 nitrogen and oxygen atoms in total. The van der Waals surface area contributed by atoms with Crippen LogP contribution in [0.4, 0.5) is 13.2 Å². The number of nitrogens with zero attached hydrogens (tertiary/aromatic N) is 1. The van der Waals surface area contributed by atoms with E-state index in [1.165, 1.54) is 23.8 Å². The molecule has 132 valence electrons. The number of carbonyl (C=O) groups excluding carboxylic acids is 1. The highest BCUT2D eigenvalue weighted by Crippen LogP contribution is 2.37. The first-order chi connectivity index (χ1) is 11.7. The van der Waals surface area contributed by atoms with E-state index in [1.807, 2.05) is 0 Å². The topological polar surface area (TPSA) is 48.3 Å². The quantitative estimate of drug-likeness (QED) is 0.752. The molecule has 3 rings (SSSR count). The van der Waals surface area contributed by atoms with Crippen LogP contribution in [-0.4, -0.2) is 17.6 Å². The Kier molecular flexibility index (Phi) is 4.36. The number of pyridine rings is 1. The molecule has 1 aromatic heterocycles. The molecule has 1 aliphatic heterocycles. The third-order valence-corrected chi connectivity index (χ3v) is 4.51. The van der Waals surface area contributed by atoms with Crippen LogP contribution in [0.25, 0.3) is 11.1 Å².